The minimum absolute atomic E-state index is 0.0808. The molecule has 1 heterocycles. The van der Waals surface area contributed by atoms with Gasteiger partial charge in [-0.25, -0.2) is 12.8 Å². The van der Waals surface area contributed by atoms with Crippen LogP contribution < -0.4 is 0 Å². The lowest BCUT2D eigenvalue weighted by Crippen LogP contribution is -2.38. The van der Waals surface area contributed by atoms with E-state index in [1.54, 1.807) is 6.92 Å². The van der Waals surface area contributed by atoms with Gasteiger partial charge in [-0.1, -0.05) is 0 Å². The first kappa shape index (κ1) is 13.2. The first-order valence-electron chi connectivity index (χ1n) is 5.69. The summed E-state index contributed by atoms with van der Waals surface area (Å²) in [4.78, 5) is 11.2. The van der Waals surface area contributed by atoms with Crippen LogP contribution in [0.5, 0.6) is 0 Å². The van der Waals surface area contributed by atoms with E-state index in [0.29, 0.717) is 5.56 Å². The van der Waals surface area contributed by atoms with Crippen molar-refractivity contribution in [1.29, 1.82) is 0 Å². The van der Waals surface area contributed by atoms with Crippen molar-refractivity contribution in [2.45, 2.75) is 24.7 Å². The molecule has 1 fully saturated rings. The fourth-order valence-corrected chi connectivity index (χ4v) is 3.66. The molecule has 6 heteroatoms. The van der Waals surface area contributed by atoms with E-state index in [9.17, 15) is 17.6 Å². The molecule has 1 aromatic carbocycles. The molecule has 0 aliphatic carbocycles. The topological polar surface area (TPSA) is 54.5 Å². The van der Waals surface area contributed by atoms with Crippen molar-refractivity contribution in [2.24, 2.45) is 0 Å². The highest BCUT2D eigenvalue weighted by atomic mass is 32.2. The van der Waals surface area contributed by atoms with E-state index >= 15 is 0 Å². The number of ketones is 1. The van der Waals surface area contributed by atoms with E-state index in [2.05, 4.69) is 0 Å². The Morgan fingerprint density at radius 1 is 1.22 bits per heavy atom. The molecule has 1 aliphatic rings. The van der Waals surface area contributed by atoms with Gasteiger partial charge in [0.05, 0.1) is 4.90 Å². The molecule has 0 N–H and O–H groups in total. The second kappa shape index (κ2) is 4.78. The number of piperidine rings is 1. The van der Waals surface area contributed by atoms with E-state index in [1.807, 2.05) is 0 Å². The largest absolute Gasteiger partial charge is 0.300 e. The van der Waals surface area contributed by atoms with Crippen molar-refractivity contribution in [3.05, 3.63) is 29.6 Å². The Balaban J connectivity index is 2.33. The Morgan fingerprint density at radius 3 is 2.39 bits per heavy atom. The number of benzene rings is 1. The molecule has 0 spiro atoms. The number of Topliss-reactive ketones (excluding diaryl/α,β-unsaturated/α-hetero) is 1. The first-order chi connectivity index (χ1) is 8.41. The molecule has 0 aromatic heterocycles. The molecule has 4 nitrogen and oxygen atoms in total. The number of carbonyl (C=O) groups is 1. The lowest BCUT2D eigenvalue weighted by atomic mass is 10.1. The molecule has 98 valence electrons. The Hall–Kier alpha value is -1.27. The molecule has 0 saturated carbocycles. The van der Waals surface area contributed by atoms with E-state index in [0.717, 1.165) is 6.07 Å². The number of hydrogen-bond donors (Lipinski definition) is 0. The average Bonchev–Trinajstić information content (AvgIpc) is 2.29. The summed E-state index contributed by atoms with van der Waals surface area (Å²) >= 11 is 0. The van der Waals surface area contributed by atoms with Crippen molar-refractivity contribution in [3.63, 3.8) is 0 Å². The molecule has 18 heavy (non-hydrogen) atoms. The van der Waals surface area contributed by atoms with Crippen LogP contribution >= 0.6 is 0 Å². The van der Waals surface area contributed by atoms with Crippen molar-refractivity contribution < 1.29 is 17.6 Å². The van der Waals surface area contributed by atoms with Gasteiger partial charge in [0.1, 0.15) is 11.6 Å². The van der Waals surface area contributed by atoms with E-state index < -0.39 is 15.8 Å². The van der Waals surface area contributed by atoms with Crippen LogP contribution in [0, 0.1) is 12.7 Å². The Kier molecular flexibility index (Phi) is 3.49. The molecule has 1 aromatic rings. The van der Waals surface area contributed by atoms with Crippen molar-refractivity contribution >= 4 is 15.8 Å². The Morgan fingerprint density at radius 2 is 1.83 bits per heavy atom. The molecule has 1 aliphatic heterocycles. The Labute approximate surface area is 105 Å². The monoisotopic (exact) mass is 271 g/mol. The number of aryl methyl sites for hydroxylation is 1. The number of halogens is 1. The van der Waals surface area contributed by atoms with Gasteiger partial charge in [-0.15, -0.1) is 0 Å². The van der Waals surface area contributed by atoms with Crippen LogP contribution in [-0.2, 0) is 14.8 Å². The van der Waals surface area contributed by atoms with Crippen LogP contribution in [0.25, 0.3) is 0 Å². The van der Waals surface area contributed by atoms with Gasteiger partial charge in [0.25, 0.3) is 0 Å². The van der Waals surface area contributed by atoms with E-state index in [-0.39, 0.29) is 36.6 Å². The number of hydrogen-bond acceptors (Lipinski definition) is 3. The second-order valence-corrected chi connectivity index (χ2v) is 6.26. The molecule has 0 atom stereocenters. The molecule has 0 unspecified atom stereocenters. The van der Waals surface area contributed by atoms with Gasteiger partial charge >= 0.3 is 0 Å². The van der Waals surface area contributed by atoms with Gasteiger partial charge in [-0.2, -0.15) is 4.31 Å². The maximum Gasteiger partial charge on any atom is 0.243 e. The minimum Gasteiger partial charge on any atom is -0.300 e. The molecule has 0 bridgehead atoms. The fourth-order valence-electron chi connectivity index (χ4n) is 2.02. The van der Waals surface area contributed by atoms with Crippen molar-refractivity contribution in [1.82, 2.24) is 4.31 Å². The highest BCUT2D eigenvalue weighted by Gasteiger charge is 2.29. The van der Waals surface area contributed by atoms with Gasteiger partial charge in [-0.05, 0) is 30.7 Å². The smallest absolute Gasteiger partial charge is 0.243 e. The van der Waals surface area contributed by atoms with Gasteiger partial charge in [-0.3, -0.25) is 4.79 Å². The van der Waals surface area contributed by atoms with Crippen LogP contribution in [0.3, 0.4) is 0 Å². The SMILES string of the molecule is Cc1cc(F)ccc1S(=O)(=O)N1CCC(=O)CC1. The van der Waals surface area contributed by atoms with Gasteiger partial charge in [0, 0.05) is 25.9 Å². The zero-order chi connectivity index (χ0) is 13.3. The van der Waals surface area contributed by atoms with Crippen LogP contribution in [0.1, 0.15) is 18.4 Å². The average molecular weight is 271 g/mol. The number of rotatable bonds is 2. The van der Waals surface area contributed by atoms with Crippen molar-refractivity contribution in [2.75, 3.05) is 13.1 Å². The molecule has 1 saturated heterocycles. The summed E-state index contributed by atoms with van der Waals surface area (Å²) in [5, 5.41) is 0. The predicted molar refractivity (Wildman–Crippen MR) is 64.1 cm³/mol. The quantitative estimate of drug-likeness (QED) is 0.819. The lowest BCUT2D eigenvalue weighted by molar-refractivity contribution is -0.120. The second-order valence-electron chi connectivity index (χ2n) is 4.35. The van der Waals surface area contributed by atoms with Crippen LogP contribution in [0.2, 0.25) is 0 Å². The summed E-state index contributed by atoms with van der Waals surface area (Å²) in [5.41, 5.74) is 0.381. The highest BCUT2D eigenvalue weighted by Crippen LogP contribution is 2.22. The number of nitrogens with zero attached hydrogens (tertiary/aromatic N) is 1. The van der Waals surface area contributed by atoms with Crippen LogP contribution in [-0.4, -0.2) is 31.6 Å². The number of sulfonamides is 1. The first-order valence-corrected chi connectivity index (χ1v) is 7.13. The van der Waals surface area contributed by atoms with Crippen molar-refractivity contribution in [3.8, 4) is 0 Å². The molecular weight excluding hydrogens is 257 g/mol. The van der Waals surface area contributed by atoms with Gasteiger partial charge < -0.3 is 0 Å². The summed E-state index contributed by atoms with van der Waals surface area (Å²) in [5.74, 6) is -0.377. The van der Waals surface area contributed by atoms with E-state index in [4.69, 9.17) is 0 Å². The third-order valence-corrected chi connectivity index (χ3v) is 5.09. The summed E-state index contributed by atoms with van der Waals surface area (Å²) < 4.78 is 38.9. The number of carbonyl (C=O) groups excluding carboxylic acids is 1. The minimum atomic E-state index is -3.62. The third kappa shape index (κ3) is 2.44. The summed E-state index contributed by atoms with van der Waals surface area (Å²) in [7, 11) is -3.62. The third-order valence-electron chi connectivity index (χ3n) is 3.03. The normalized spacial score (nSPS) is 18.0. The fraction of sp³-hybridized carbons (Fsp3) is 0.417. The summed E-state index contributed by atoms with van der Waals surface area (Å²) in [6.45, 7) is 1.97. The maximum absolute atomic E-state index is 13.0. The zero-order valence-electron chi connectivity index (χ0n) is 10.0. The van der Waals surface area contributed by atoms with Gasteiger partial charge in [0.2, 0.25) is 10.0 Å². The van der Waals surface area contributed by atoms with E-state index in [1.165, 1.54) is 16.4 Å². The van der Waals surface area contributed by atoms with Crippen LogP contribution in [0.4, 0.5) is 4.39 Å². The zero-order valence-corrected chi connectivity index (χ0v) is 10.8. The molecule has 2 rings (SSSR count). The highest BCUT2D eigenvalue weighted by molar-refractivity contribution is 7.89. The summed E-state index contributed by atoms with van der Waals surface area (Å²) in [6.07, 6.45) is 0.499. The van der Waals surface area contributed by atoms with Gasteiger partial charge in [0.15, 0.2) is 0 Å². The lowest BCUT2D eigenvalue weighted by Gasteiger charge is -2.25. The molecular formula is C12H14FNO3S. The van der Waals surface area contributed by atoms with Crippen LogP contribution in [0.15, 0.2) is 23.1 Å². The Bertz CT molecular complexity index is 573. The maximum atomic E-state index is 13.0. The molecule has 0 radical (unpaired) electrons. The standard InChI is InChI=1S/C12H14FNO3S/c1-9-8-10(13)2-3-12(9)18(16,17)14-6-4-11(15)5-7-14/h2-3,8H,4-7H2,1H3. The molecule has 0 amide bonds. The summed E-state index contributed by atoms with van der Waals surface area (Å²) in [6, 6.07) is 3.60. The predicted octanol–water partition coefficient (Wildman–Crippen LogP) is 1.49.